The maximum atomic E-state index is 12.6. The number of phenols is 1. The quantitative estimate of drug-likeness (QED) is 0.277. The van der Waals surface area contributed by atoms with Crippen LogP contribution in [0.15, 0.2) is 78.9 Å². The van der Waals surface area contributed by atoms with Crippen molar-refractivity contribution in [3.63, 3.8) is 0 Å². The fraction of sp³-hybridized carbons (Fsp3) is 0.310. The maximum Gasteiger partial charge on any atom is 0.303 e. The van der Waals surface area contributed by atoms with Gasteiger partial charge in [0.05, 0.1) is 18.7 Å². The van der Waals surface area contributed by atoms with Gasteiger partial charge in [-0.15, -0.1) is 0 Å². The first-order chi connectivity index (χ1) is 17.3. The average molecular weight is 492 g/mol. The molecule has 3 aromatic rings. The molecule has 1 unspecified atom stereocenters. The zero-order valence-corrected chi connectivity index (χ0v) is 20.4. The first kappa shape index (κ1) is 25.4. The molecule has 3 fully saturated rings. The van der Waals surface area contributed by atoms with Gasteiger partial charge in [0.2, 0.25) is 5.78 Å². The van der Waals surface area contributed by atoms with Gasteiger partial charge in [0, 0.05) is 37.1 Å². The number of nitrogens with zero attached hydrogens (tertiary/aromatic N) is 1. The molecule has 0 aliphatic carbocycles. The van der Waals surface area contributed by atoms with Gasteiger partial charge in [-0.25, -0.2) is 4.39 Å². The van der Waals surface area contributed by atoms with Gasteiger partial charge in [0.1, 0.15) is 24.7 Å². The minimum Gasteiger partial charge on any atom is -0.507 e. The zero-order chi connectivity index (χ0) is 25.5. The number of hydrogen-bond donors (Lipinski definition) is 2. The monoisotopic (exact) mass is 491 g/mol. The predicted octanol–water partition coefficient (Wildman–Crippen LogP) is 5.32. The van der Waals surface area contributed by atoms with Crippen molar-refractivity contribution in [2.45, 2.75) is 25.9 Å². The molecule has 7 heteroatoms. The molecule has 3 saturated heterocycles. The van der Waals surface area contributed by atoms with Crippen LogP contribution in [0, 0.1) is 11.7 Å². The smallest absolute Gasteiger partial charge is 0.303 e. The van der Waals surface area contributed by atoms with E-state index in [-0.39, 0.29) is 29.4 Å². The Morgan fingerprint density at radius 1 is 0.944 bits per heavy atom. The number of rotatable bonds is 6. The van der Waals surface area contributed by atoms with Gasteiger partial charge in [0.25, 0.3) is 0 Å². The molecule has 0 amide bonds. The van der Waals surface area contributed by atoms with E-state index in [4.69, 9.17) is 4.74 Å². The minimum atomic E-state index is -0.246. The van der Waals surface area contributed by atoms with Crippen molar-refractivity contribution in [3.8, 4) is 5.75 Å². The first-order valence-electron chi connectivity index (χ1n) is 12.2. The minimum absolute atomic E-state index is 0.0362. The third-order valence-electron chi connectivity index (χ3n) is 6.95. The molecule has 188 valence electrons. The van der Waals surface area contributed by atoms with Crippen LogP contribution in [0.2, 0.25) is 0 Å². The highest BCUT2D eigenvalue weighted by Crippen LogP contribution is 2.36. The predicted molar refractivity (Wildman–Crippen MR) is 137 cm³/mol. The van der Waals surface area contributed by atoms with E-state index in [1.807, 2.05) is 30.3 Å². The summed E-state index contributed by atoms with van der Waals surface area (Å²) in [4.78, 5) is 23.8. The molecule has 0 radical (unpaired) electrons. The lowest BCUT2D eigenvalue weighted by Gasteiger charge is -2.51. The van der Waals surface area contributed by atoms with Crippen LogP contribution in [0.4, 0.5) is 15.8 Å². The topological polar surface area (TPSA) is 75.6 Å². The zero-order valence-electron chi connectivity index (χ0n) is 20.4. The van der Waals surface area contributed by atoms with Crippen LogP contribution < -0.4 is 5.32 Å². The van der Waals surface area contributed by atoms with E-state index in [0.29, 0.717) is 29.1 Å². The summed E-state index contributed by atoms with van der Waals surface area (Å²) in [6.45, 7) is 4.41. The van der Waals surface area contributed by atoms with Crippen molar-refractivity contribution >= 4 is 23.1 Å². The van der Waals surface area contributed by atoms with Gasteiger partial charge in [0.15, 0.2) is 6.10 Å². The number of para-hydroxylation sites is 2. The number of esters is 1. The molecule has 3 aliphatic rings. The highest BCUT2D eigenvalue weighted by atomic mass is 19.1. The lowest BCUT2D eigenvalue weighted by Crippen LogP contribution is -2.65. The van der Waals surface area contributed by atoms with Crippen molar-refractivity contribution in [2.24, 2.45) is 5.92 Å². The number of carbonyl (C=O) groups excluding carboxylic acids is 2. The van der Waals surface area contributed by atoms with Crippen LogP contribution >= 0.6 is 0 Å². The van der Waals surface area contributed by atoms with Crippen molar-refractivity contribution in [2.75, 3.05) is 31.5 Å². The fourth-order valence-corrected chi connectivity index (χ4v) is 5.11. The average Bonchev–Trinajstić information content (AvgIpc) is 2.87. The molecule has 0 aromatic heterocycles. The molecule has 36 heavy (non-hydrogen) atoms. The number of phenolic OH excluding ortho intramolecular Hbond substituents is 1. The Kier molecular flexibility index (Phi) is 8.00. The summed E-state index contributed by atoms with van der Waals surface area (Å²) in [5.74, 6) is -0.0363. The van der Waals surface area contributed by atoms with Crippen LogP contribution in [0.25, 0.3) is 0 Å². The Morgan fingerprint density at radius 2 is 1.56 bits per heavy atom. The number of fused-ring (bicyclic) bond motifs is 3. The number of nitrogens with one attached hydrogen (secondary N) is 1. The molecular formula is C29H32FN2O4+. The Balaban J connectivity index is 0.000000187. The van der Waals surface area contributed by atoms with Crippen molar-refractivity contribution in [3.05, 3.63) is 90.2 Å². The Hall–Kier alpha value is -3.71. The summed E-state index contributed by atoms with van der Waals surface area (Å²) < 4.78 is 18.7. The summed E-state index contributed by atoms with van der Waals surface area (Å²) in [7, 11) is 0. The molecule has 1 atom stereocenters. The number of anilines is 2. The van der Waals surface area contributed by atoms with E-state index in [2.05, 4.69) is 5.32 Å². The summed E-state index contributed by atoms with van der Waals surface area (Å²) in [6.07, 6.45) is 1.91. The summed E-state index contributed by atoms with van der Waals surface area (Å²) >= 11 is 0. The number of quaternary nitrogens is 1. The normalized spacial score (nSPS) is 22.2. The number of halogens is 1. The van der Waals surface area contributed by atoms with E-state index < -0.39 is 0 Å². The van der Waals surface area contributed by atoms with Crippen molar-refractivity contribution in [1.29, 1.82) is 0 Å². The third kappa shape index (κ3) is 6.49. The summed E-state index contributed by atoms with van der Waals surface area (Å²) in [5, 5.41) is 13.0. The molecule has 2 N–H and O–H groups in total. The lowest BCUT2D eigenvalue weighted by atomic mass is 9.83. The Labute approximate surface area is 210 Å². The van der Waals surface area contributed by atoms with E-state index in [9.17, 15) is 19.1 Å². The SMILES string of the molecule is CC(=O)OC1C[N+]2(CC(=O)c3ccccc3O)CCC1CC2.Fc1ccc(Nc2ccccc2)cc1. The second-order valence-corrected chi connectivity index (χ2v) is 9.55. The summed E-state index contributed by atoms with van der Waals surface area (Å²) in [5.41, 5.74) is 2.27. The number of ether oxygens (including phenoxy) is 1. The van der Waals surface area contributed by atoms with Crippen LogP contribution in [-0.2, 0) is 9.53 Å². The molecule has 0 saturated carbocycles. The number of aromatic hydroxyl groups is 1. The van der Waals surface area contributed by atoms with Gasteiger partial charge in [-0.05, 0) is 48.5 Å². The van der Waals surface area contributed by atoms with Gasteiger partial charge < -0.3 is 19.6 Å². The van der Waals surface area contributed by atoms with Gasteiger partial charge in [-0.1, -0.05) is 30.3 Å². The van der Waals surface area contributed by atoms with E-state index in [1.165, 1.54) is 25.1 Å². The second-order valence-electron chi connectivity index (χ2n) is 9.55. The van der Waals surface area contributed by atoms with Gasteiger partial charge >= 0.3 is 5.97 Å². The first-order valence-corrected chi connectivity index (χ1v) is 12.2. The molecule has 3 aliphatic heterocycles. The number of benzene rings is 3. The number of hydrogen-bond acceptors (Lipinski definition) is 5. The van der Waals surface area contributed by atoms with Crippen LogP contribution in [-0.4, -0.2) is 53.6 Å². The maximum absolute atomic E-state index is 12.6. The lowest BCUT2D eigenvalue weighted by molar-refractivity contribution is -0.938. The van der Waals surface area contributed by atoms with E-state index in [1.54, 1.807) is 30.3 Å². The van der Waals surface area contributed by atoms with Gasteiger partial charge in [-0.2, -0.15) is 0 Å². The second kappa shape index (κ2) is 11.4. The Morgan fingerprint density at radius 3 is 2.19 bits per heavy atom. The number of carbonyl (C=O) groups is 2. The highest BCUT2D eigenvalue weighted by molar-refractivity contribution is 5.99. The number of Topliss-reactive ketones (excluding diaryl/α,β-unsaturated/α-hetero) is 1. The van der Waals surface area contributed by atoms with Crippen LogP contribution in [0.1, 0.15) is 30.1 Å². The van der Waals surface area contributed by atoms with Crippen molar-refractivity contribution < 1.29 is 28.3 Å². The number of ketones is 1. The molecule has 3 heterocycles. The molecule has 0 spiro atoms. The van der Waals surface area contributed by atoms with Crippen LogP contribution in [0.3, 0.4) is 0 Å². The van der Waals surface area contributed by atoms with Crippen molar-refractivity contribution in [1.82, 2.24) is 0 Å². The fourth-order valence-electron chi connectivity index (χ4n) is 5.11. The highest BCUT2D eigenvalue weighted by Gasteiger charge is 2.48. The Bertz CT molecular complexity index is 1180. The summed E-state index contributed by atoms with van der Waals surface area (Å²) in [6, 6.07) is 22.7. The molecule has 6 nitrogen and oxygen atoms in total. The van der Waals surface area contributed by atoms with E-state index in [0.717, 1.165) is 37.3 Å². The third-order valence-corrected chi connectivity index (χ3v) is 6.95. The largest absolute Gasteiger partial charge is 0.507 e. The van der Waals surface area contributed by atoms with E-state index >= 15 is 0 Å². The molecule has 2 bridgehead atoms. The molecule has 6 rings (SSSR count). The number of piperidine rings is 3. The standard InChI is InChI=1S/C17H21NO4.C12H10FN/c1-12(19)22-17-11-18(8-6-13(17)7-9-18)10-16(21)14-4-2-3-5-15(14)20;13-10-6-8-12(9-7-10)14-11-4-2-1-3-5-11/h2-5,13,17H,6-11H2,1H3;1-9,14H/p+1. The van der Waals surface area contributed by atoms with Gasteiger partial charge in [-0.3, -0.25) is 9.59 Å². The molecule has 3 aromatic carbocycles. The van der Waals surface area contributed by atoms with Crippen LogP contribution in [0.5, 0.6) is 5.75 Å². The molecular weight excluding hydrogens is 459 g/mol.